The van der Waals surface area contributed by atoms with Crippen LogP contribution < -0.4 is 19.8 Å². The number of para-hydroxylation sites is 3. The average molecular weight is 1690 g/mol. The molecule has 10 aromatic rings. The lowest BCUT2D eigenvalue weighted by molar-refractivity contribution is -0.385. The molecule has 638 valence electrons. The number of methoxy groups -OCH3 is 2. The highest BCUT2D eigenvalue weighted by Crippen LogP contribution is 2.46. The highest BCUT2D eigenvalue weighted by atomic mass is 32.2. The standard InChI is InChI=1S/C33H29N3O7.C33H31N3O6.C30H35N3O5S/c1-43-28-12-5-4-11-25(28)30(37)27-18-17-26-29(35(27)31(38)21-13-15-23(16-14-21)36(41)42)33(40)34(32(26)39)19-22-9-6-8-20-7-2-3-10-24(20)22;1-42-29-12-5-4-11-26(29)31(37)28-18-17-27-30(34(28)19-21-13-15-24(16-14-21)36(40)41)33(39)35(32(27)38)20-23-9-6-8-22-7-2-3-10-25(22)23;1-20(2)9-8-10-21(3)19-27(34)26-18-17-25-28(30(36)32(29(25)35)23-11-6-5-7-12-23)33(26)31-22-13-15-24(16-14-22)39(4,37)38/h2-16,26-27,29-30,37H,17-19H2,1H3;2-16,27-28,30-31,37H,17-20H2,1H3;5-7,9,11-19,25-28,31,34H,8,10H2,1-4H3/t26-,27-,29+,30-;27-,28-,30+,31-;25?,26?,27?,28-/m110/s1. The Morgan fingerprint density at radius 3 is 1.56 bits per heavy atom. The van der Waals surface area contributed by atoms with Gasteiger partial charge in [0.2, 0.25) is 23.6 Å². The van der Waals surface area contributed by atoms with Crippen LogP contribution in [0.2, 0.25) is 0 Å². The second-order valence-electron chi connectivity index (χ2n) is 32.0. The van der Waals surface area contributed by atoms with E-state index >= 15 is 0 Å². The van der Waals surface area contributed by atoms with Crippen LogP contribution in [0.4, 0.5) is 22.7 Å². The maximum absolute atomic E-state index is 14.1. The van der Waals surface area contributed by atoms with E-state index in [1.54, 1.807) is 115 Å². The van der Waals surface area contributed by atoms with Gasteiger partial charge in [0, 0.05) is 65.5 Å². The number of ether oxygens (including phenoxy) is 2. The summed E-state index contributed by atoms with van der Waals surface area (Å²) in [7, 11) is -0.360. The molecule has 16 rings (SSSR count). The number of aliphatic hydroxyl groups is 3. The normalized spacial score (nSPS) is 21.5. The van der Waals surface area contributed by atoms with Crippen molar-refractivity contribution in [2.45, 2.75) is 138 Å². The number of likely N-dealkylation sites (tertiary alicyclic amines) is 4. The number of carbonyl (C=O) groups excluding carboxylic acids is 7. The van der Waals surface area contributed by atoms with Crippen LogP contribution in [-0.2, 0) is 58.2 Å². The number of imide groups is 3. The monoisotopic (exact) mass is 1690 g/mol. The van der Waals surface area contributed by atoms with E-state index in [0.717, 1.165) is 62.9 Å². The molecule has 4 N–H and O–H groups in total. The number of hydrogen-bond donors (Lipinski definition) is 4. The predicted octanol–water partition coefficient (Wildman–Crippen LogP) is 13.9. The van der Waals surface area contributed by atoms with Crippen molar-refractivity contribution in [1.29, 1.82) is 0 Å². The van der Waals surface area contributed by atoms with Gasteiger partial charge in [0.15, 0.2) is 9.84 Å². The molecule has 28 heteroatoms. The lowest BCUT2D eigenvalue weighted by Gasteiger charge is -2.43. The third kappa shape index (κ3) is 18.2. The third-order valence-corrected chi connectivity index (χ3v) is 25.1. The second kappa shape index (κ2) is 37.6. The highest BCUT2D eigenvalue weighted by molar-refractivity contribution is 7.90. The van der Waals surface area contributed by atoms with E-state index in [-0.39, 0.29) is 71.5 Å². The molecule has 6 heterocycles. The van der Waals surface area contributed by atoms with E-state index in [4.69, 9.17) is 9.47 Å². The lowest BCUT2D eigenvalue weighted by Crippen LogP contribution is -2.57. The zero-order chi connectivity index (χ0) is 87.9. The number of piperidine rings is 2. The maximum atomic E-state index is 14.1. The Labute approximate surface area is 716 Å². The number of benzene rings is 10. The van der Waals surface area contributed by atoms with Crippen molar-refractivity contribution in [3.63, 3.8) is 0 Å². The first-order chi connectivity index (χ1) is 59.6. The average Bonchev–Trinajstić information content (AvgIpc) is 1.58. The quantitative estimate of drug-likeness (QED) is 0.0189. The molecule has 0 aromatic heterocycles. The molecule has 27 nitrogen and oxygen atoms in total. The zero-order valence-electron chi connectivity index (χ0n) is 69.1. The Balaban J connectivity index is 0.000000152. The number of nitro groups is 2. The van der Waals surface area contributed by atoms with Crippen molar-refractivity contribution in [3.8, 4) is 11.5 Å². The first kappa shape index (κ1) is 87.1. The summed E-state index contributed by atoms with van der Waals surface area (Å²) in [5.41, 5.74) is 9.82. The number of carbonyl (C=O) groups is 7. The number of anilines is 2. The summed E-state index contributed by atoms with van der Waals surface area (Å²) in [6.07, 6.45) is 8.45. The molecule has 0 spiro atoms. The van der Waals surface area contributed by atoms with E-state index < -0.39 is 110 Å². The molecule has 0 bridgehead atoms. The van der Waals surface area contributed by atoms with E-state index in [1.807, 2.05) is 129 Å². The molecule has 5 fully saturated rings. The summed E-state index contributed by atoms with van der Waals surface area (Å²) >= 11 is 0. The Bertz CT molecular complexity index is 5940. The van der Waals surface area contributed by atoms with Gasteiger partial charge in [0.05, 0.1) is 89.8 Å². The van der Waals surface area contributed by atoms with Crippen LogP contribution in [0, 0.1) is 38.0 Å². The van der Waals surface area contributed by atoms with Crippen molar-refractivity contribution >= 4 is 95.5 Å². The van der Waals surface area contributed by atoms with Gasteiger partial charge in [-0.2, -0.15) is 0 Å². The number of rotatable bonds is 24. The van der Waals surface area contributed by atoms with Gasteiger partial charge in [-0.1, -0.05) is 187 Å². The molecule has 3 unspecified atom stereocenters. The number of hydrogen-bond acceptors (Lipinski definition) is 21. The molecule has 6 aliphatic rings. The number of non-ortho nitro benzene ring substituents is 2. The smallest absolute Gasteiger partial charge is 0.269 e. The Morgan fingerprint density at radius 2 is 1.02 bits per heavy atom. The molecule has 7 amide bonds. The Hall–Kier alpha value is -13.2. The fourth-order valence-electron chi connectivity index (χ4n) is 17.8. The largest absolute Gasteiger partial charge is 0.496 e. The molecular formula is C96H95N9O18S. The van der Waals surface area contributed by atoms with Gasteiger partial charge in [-0.05, 0) is 158 Å². The minimum Gasteiger partial charge on any atom is -0.496 e. The summed E-state index contributed by atoms with van der Waals surface area (Å²) in [5.74, 6) is -3.85. The predicted molar refractivity (Wildman–Crippen MR) is 466 cm³/mol. The van der Waals surface area contributed by atoms with Gasteiger partial charge < -0.3 is 35.1 Å². The molecule has 10 aromatic carbocycles. The molecular weight excluding hydrogens is 1600 g/mol. The van der Waals surface area contributed by atoms with Gasteiger partial charge in [-0.25, -0.2) is 18.3 Å². The first-order valence-electron chi connectivity index (χ1n) is 40.9. The van der Waals surface area contributed by atoms with E-state index in [1.165, 1.54) is 80.8 Å². The zero-order valence-corrected chi connectivity index (χ0v) is 69.9. The van der Waals surface area contributed by atoms with Crippen molar-refractivity contribution < 1.29 is 76.6 Å². The van der Waals surface area contributed by atoms with Crippen LogP contribution in [0.5, 0.6) is 11.5 Å². The van der Waals surface area contributed by atoms with E-state index in [0.29, 0.717) is 53.3 Å². The topological polar surface area (TPSA) is 351 Å². The summed E-state index contributed by atoms with van der Waals surface area (Å²) in [6, 6.07) is 62.6. The number of amides is 7. The number of hydrazine groups is 1. The lowest BCUT2D eigenvalue weighted by atomic mass is 9.82. The minimum absolute atomic E-state index is 0.0331. The Kier molecular flexibility index (Phi) is 26.4. The van der Waals surface area contributed by atoms with Crippen LogP contribution in [0.25, 0.3) is 21.5 Å². The van der Waals surface area contributed by atoms with E-state index in [2.05, 4.69) is 11.5 Å². The molecule has 0 radical (unpaired) electrons. The van der Waals surface area contributed by atoms with Crippen LogP contribution in [0.3, 0.4) is 0 Å². The highest BCUT2D eigenvalue weighted by Gasteiger charge is 2.59. The maximum Gasteiger partial charge on any atom is 0.269 e. The number of nitrogens with zero attached hydrogens (tertiary/aromatic N) is 8. The van der Waals surface area contributed by atoms with Gasteiger partial charge in [-0.15, -0.1) is 0 Å². The number of nitrogens with one attached hydrogen (secondary N) is 1. The summed E-state index contributed by atoms with van der Waals surface area (Å²) in [5, 5.41) is 62.6. The van der Waals surface area contributed by atoms with Crippen LogP contribution >= 0.6 is 0 Å². The first-order valence-corrected chi connectivity index (χ1v) is 42.8. The molecule has 124 heavy (non-hydrogen) atoms. The van der Waals surface area contributed by atoms with Gasteiger partial charge in [-0.3, -0.25) is 68.5 Å². The molecule has 0 saturated carbocycles. The van der Waals surface area contributed by atoms with Crippen molar-refractivity contribution in [2.24, 2.45) is 17.8 Å². The van der Waals surface area contributed by atoms with Gasteiger partial charge >= 0.3 is 0 Å². The fraction of sp³-hybridized carbons (Fsp3) is 0.281. The van der Waals surface area contributed by atoms with Crippen molar-refractivity contribution in [3.05, 3.63) is 326 Å². The number of allylic oxidation sites excluding steroid dienone is 3. The number of sulfone groups is 1. The SMILES string of the molecule is CC(C)=CCCC(C)=CC(O)C1C=CC2C(=O)N(c3ccccc3)C(=O)[C@H]2N1Nc1ccc(S(C)(=O)=O)cc1.COc1ccccc1[C@@H](O)[C@H]1CC[C@H]2C(=O)N(Cc3cccc4ccccc34)C(=O)[C@H]2N1C(=O)c1ccc([N+](=O)[O-])cc1.COc1ccccc1[C@@H](O)[C@H]1CC[C@H]2C(=O)N(Cc3cccc4ccccc34)C(=O)[C@H]2N1Cc1ccc([N+](=O)[O-])cc1. The molecule has 5 saturated heterocycles. The van der Waals surface area contributed by atoms with Crippen molar-refractivity contribution in [1.82, 2.24) is 24.6 Å². The molecule has 0 aliphatic carbocycles. The number of nitro benzene ring substituents is 2. The van der Waals surface area contributed by atoms with Gasteiger partial charge in [0.25, 0.3) is 29.1 Å². The number of aliphatic hydroxyl groups excluding tert-OH is 3. The summed E-state index contributed by atoms with van der Waals surface area (Å²) in [6.45, 7) is 6.49. The van der Waals surface area contributed by atoms with Crippen LogP contribution in [0.1, 0.15) is 110 Å². The molecule has 12 atom stereocenters. The minimum atomic E-state index is -3.38. The number of fused-ring (bicyclic) bond motifs is 5. The summed E-state index contributed by atoms with van der Waals surface area (Å²) < 4.78 is 34.8. The van der Waals surface area contributed by atoms with Crippen LogP contribution in [-0.4, -0.2) is 162 Å². The van der Waals surface area contributed by atoms with Crippen LogP contribution in [0.15, 0.2) is 277 Å². The molecule has 6 aliphatic heterocycles. The van der Waals surface area contributed by atoms with Crippen molar-refractivity contribution in [2.75, 3.05) is 30.8 Å². The third-order valence-electron chi connectivity index (χ3n) is 24.0. The second-order valence-corrected chi connectivity index (χ2v) is 34.0. The Morgan fingerprint density at radius 1 is 0.532 bits per heavy atom. The fourth-order valence-corrected chi connectivity index (χ4v) is 18.5. The van der Waals surface area contributed by atoms with E-state index in [9.17, 15) is 77.5 Å². The van der Waals surface area contributed by atoms with Gasteiger partial charge in [0.1, 0.15) is 35.7 Å². The summed E-state index contributed by atoms with van der Waals surface area (Å²) in [4.78, 5) is 126.